The molecule has 0 saturated carbocycles. The largest absolute Gasteiger partial charge is 0.0617 e. The summed E-state index contributed by atoms with van der Waals surface area (Å²) in [5, 5.41) is 0. The van der Waals surface area contributed by atoms with Crippen molar-refractivity contribution in [2.45, 2.75) is 72.1 Å². The first-order valence-corrected chi connectivity index (χ1v) is 8.90. The van der Waals surface area contributed by atoms with Crippen molar-refractivity contribution in [3.8, 4) is 0 Å². The standard InChI is InChI=1S/C23H32/c1-16(2)20-10-8-9-18(12-20)11-19-13-21(17(3)4)15-22(14-19)23(5,6)7/h8-10,12-17H,11H2,1-7H3. The van der Waals surface area contributed by atoms with Gasteiger partial charge in [-0.15, -0.1) is 0 Å². The van der Waals surface area contributed by atoms with E-state index in [0.717, 1.165) is 6.42 Å². The van der Waals surface area contributed by atoms with Crippen molar-refractivity contribution < 1.29 is 0 Å². The highest BCUT2D eigenvalue weighted by Gasteiger charge is 2.16. The summed E-state index contributed by atoms with van der Waals surface area (Å²) >= 11 is 0. The van der Waals surface area contributed by atoms with Crippen LogP contribution in [0.1, 0.15) is 88.1 Å². The van der Waals surface area contributed by atoms with E-state index in [-0.39, 0.29) is 5.41 Å². The molecular weight excluding hydrogens is 276 g/mol. The molecule has 0 unspecified atom stereocenters. The molecule has 0 amide bonds. The molecule has 0 fully saturated rings. The van der Waals surface area contributed by atoms with Crippen LogP contribution in [0.2, 0.25) is 0 Å². The lowest BCUT2D eigenvalue weighted by Gasteiger charge is -2.22. The average molecular weight is 309 g/mol. The smallest absolute Gasteiger partial charge is 0.00255 e. The van der Waals surface area contributed by atoms with Crippen LogP contribution < -0.4 is 0 Å². The van der Waals surface area contributed by atoms with Gasteiger partial charge in [0, 0.05) is 0 Å². The molecule has 23 heavy (non-hydrogen) atoms. The summed E-state index contributed by atoms with van der Waals surface area (Å²) in [7, 11) is 0. The first-order chi connectivity index (χ1) is 10.7. The third kappa shape index (κ3) is 4.70. The molecule has 124 valence electrons. The Bertz CT molecular complexity index is 654. The minimum Gasteiger partial charge on any atom is -0.0617 e. The highest BCUT2D eigenvalue weighted by molar-refractivity contribution is 5.39. The molecule has 2 aromatic rings. The minimum absolute atomic E-state index is 0.194. The van der Waals surface area contributed by atoms with Crippen LogP contribution in [0.25, 0.3) is 0 Å². The van der Waals surface area contributed by atoms with Gasteiger partial charge in [0.1, 0.15) is 0 Å². The molecule has 0 spiro atoms. The molecule has 0 aliphatic carbocycles. The second kappa shape index (κ2) is 6.91. The molecular formula is C23H32. The predicted molar refractivity (Wildman–Crippen MR) is 103 cm³/mol. The van der Waals surface area contributed by atoms with Crippen molar-refractivity contribution in [2.24, 2.45) is 0 Å². The molecule has 0 aliphatic rings. The third-order valence-electron chi connectivity index (χ3n) is 4.57. The summed E-state index contributed by atoms with van der Waals surface area (Å²) < 4.78 is 0. The van der Waals surface area contributed by atoms with Gasteiger partial charge in [-0.05, 0) is 51.5 Å². The molecule has 0 N–H and O–H groups in total. The Morgan fingerprint density at radius 3 is 1.91 bits per heavy atom. The maximum atomic E-state index is 2.40. The van der Waals surface area contributed by atoms with Gasteiger partial charge < -0.3 is 0 Å². The first kappa shape index (κ1) is 17.8. The van der Waals surface area contributed by atoms with Crippen LogP contribution in [-0.2, 0) is 11.8 Å². The second-order valence-corrected chi connectivity index (χ2v) is 8.44. The summed E-state index contributed by atoms with van der Waals surface area (Å²) in [5.74, 6) is 1.15. The molecule has 0 heterocycles. The van der Waals surface area contributed by atoms with Crippen LogP contribution in [0, 0.1) is 0 Å². The molecule has 0 atom stereocenters. The summed E-state index contributed by atoms with van der Waals surface area (Å²) in [6.45, 7) is 16.0. The van der Waals surface area contributed by atoms with Crippen molar-refractivity contribution in [3.63, 3.8) is 0 Å². The van der Waals surface area contributed by atoms with E-state index in [1.807, 2.05) is 0 Å². The van der Waals surface area contributed by atoms with E-state index in [1.54, 1.807) is 0 Å². The van der Waals surface area contributed by atoms with Crippen molar-refractivity contribution in [1.29, 1.82) is 0 Å². The number of hydrogen-bond donors (Lipinski definition) is 0. The topological polar surface area (TPSA) is 0 Å². The highest BCUT2D eigenvalue weighted by Crippen LogP contribution is 2.28. The van der Waals surface area contributed by atoms with Gasteiger partial charge in [-0.25, -0.2) is 0 Å². The maximum Gasteiger partial charge on any atom is -0.00255 e. The summed E-state index contributed by atoms with van der Waals surface area (Å²) in [4.78, 5) is 0. The van der Waals surface area contributed by atoms with Crippen LogP contribution in [0.15, 0.2) is 42.5 Å². The van der Waals surface area contributed by atoms with Crippen LogP contribution in [0.4, 0.5) is 0 Å². The Morgan fingerprint density at radius 1 is 0.739 bits per heavy atom. The molecule has 0 aliphatic heterocycles. The highest BCUT2D eigenvalue weighted by atomic mass is 14.2. The van der Waals surface area contributed by atoms with E-state index < -0.39 is 0 Å². The van der Waals surface area contributed by atoms with E-state index in [2.05, 4.69) is 90.9 Å². The Hall–Kier alpha value is -1.56. The lowest BCUT2D eigenvalue weighted by atomic mass is 9.83. The zero-order valence-corrected chi connectivity index (χ0v) is 15.9. The number of benzene rings is 2. The Kier molecular flexibility index (Phi) is 5.34. The molecule has 2 rings (SSSR count). The third-order valence-corrected chi connectivity index (χ3v) is 4.57. The fourth-order valence-electron chi connectivity index (χ4n) is 2.88. The SMILES string of the molecule is CC(C)c1cccc(Cc2cc(C(C)C)cc(C(C)(C)C)c2)c1. The van der Waals surface area contributed by atoms with Crippen molar-refractivity contribution in [3.05, 3.63) is 70.3 Å². The van der Waals surface area contributed by atoms with Crippen molar-refractivity contribution >= 4 is 0 Å². The fourth-order valence-corrected chi connectivity index (χ4v) is 2.88. The van der Waals surface area contributed by atoms with Gasteiger partial charge >= 0.3 is 0 Å². The summed E-state index contributed by atoms with van der Waals surface area (Å²) in [6, 6.07) is 16.2. The van der Waals surface area contributed by atoms with E-state index >= 15 is 0 Å². The van der Waals surface area contributed by atoms with Crippen molar-refractivity contribution in [1.82, 2.24) is 0 Å². The zero-order valence-electron chi connectivity index (χ0n) is 15.9. The van der Waals surface area contributed by atoms with E-state index in [9.17, 15) is 0 Å². The van der Waals surface area contributed by atoms with Crippen LogP contribution in [0.5, 0.6) is 0 Å². The van der Waals surface area contributed by atoms with Gasteiger partial charge in [0.25, 0.3) is 0 Å². The van der Waals surface area contributed by atoms with Gasteiger partial charge in [-0.2, -0.15) is 0 Å². The summed E-state index contributed by atoms with van der Waals surface area (Å²) in [5.41, 5.74) is 7.36. The molecule has 2 aromatic carbocycles. The quantitative estimate of drug-likeness (QED) is 0.581. The van der Waals surface area contributed by atoms with Gasteiger partial charge in [0.05, 0.1) is 0 Å². The van der Waals surface area contributed by atoms with E-state index in [4.69, 9.17) is 0 Å². The number of hydrogen-bond acceptors (Lipinski definition) is 0. The fraction of sp³-hybridized carbons (Fsp3) is 0.478. The van der Waals surface area contributed by atoms with Gasteiger partial charge in [0.15, 0.2) is 0 Å². The zero-order chi connectivity index (χ0) is 17.2. The van der Waals surface area contributed by atoms with Crippen LogP contribution in [-0.4, -0.2) is 0 Å². The van der Waals surface area contributed by atoms with Gasteiger partial charge in [-0.3, -0.25) is 0 Å². The van der Waals surface area contributed by atoms with E-state index in [1.165, 1.54) is 27.8 Å². The predicted octanol–water partition coefficient (Wildman–Crippen LogP) is 6.82. The first-order valence-electron chi connectivity index (χ1n) is 8.90. The van der Waals surface area contributed by atoms with Crippen LogP contribution in [0.3, 0.4) is 0 Å². The molecule has 0 aromatic heterocycles. The lowest BCUT2D eigenvalue weighted by molar-refractivity contribution is 0.587. The molecule has 0 bridgehead atoms. The minimum atomic E-state index is 0.194. The second-order valence-electron chi connectivity index (χ2n) is 8.44. The van der Waals surface area contributed by atoms with Gasteiger partial charge in [-0.1, -0.05) is 90.9 Å². The molecule has 0 saturated heterocycles. The monoisotopic (exact) mass is 308 g/mol. The Morgan fingerprint density at radius 2 is 1.35 bits per heavy atom. The average Bonchev–Trinajstić information content (AvgIpc) is 2.46. The summed E-state index contributed by atoms with van der Waals surface area (Å²) in [6.07, 6.45) is 1.02. The van der Waals surface area contributed by atoms with Gasteiger partial charge in [0.2, 0.25) is 0 Å². The molecule has 0 heteroatoms. The maximum absolute atomic E-state index is 2.40. The molecule has 0 nitrogen and oxygen atoms in total. The van der Waals surface area contributed by atoms with Crippen LogP contribution >= 0.6 is 0 Å². The molecule has 0 radical (unpaired) electrons. The lowest BCUT2D eigenvalue weighted by Crippen LogP contribution is -2.12. The Balaban J connectivity index is 2.39. The number of rotatable bonds is 4. The van der Waals surface area contributed by atoms with Crippen molar-refractivity contribution in [2.75, 3.05) is 0 Å². The Labute approximate surface area is 143 Å². The normalized spacial score (nSPS) is 12.2. The van der Waals surface area contributed by atoms with E-state index in [0.29, 0.717) is 11.8 Å².